The molecule has 0 atom stereocenters. The molecule has 0 saturated carbocycles. The largest absolute Gasteiger partial charge is 0.492 e. The highest BCUT2D eigenvalue weighted by Crippen LogP contribution is 2.35. The van der Waals surface area contributed by atoms with Crippen LogP contribution in [-0.4, -0.2) is 35.3 Å². The summed E-state index contributed by atoms with van der Waals surface area (Å²) in [5.41, 5.74) is 6.41. The van der Waals surface area contributed by atoms with E-state index < -0.39 is 0 Å². The Morgan fingerprint density at radius 3 is 1.74 bits per heavy atom. The molecule has 1 rings (SSSR count). The van der Waals surface area contributed by atoms with E-state index in [0.717, 1.165) is 12.3 Å². The van der Waals surface area contributed by atoms with Crippen LogP contribution in [0.4, 0.5) is 0 Å². The van der Waals surface area contributed by atoms with Crippen LogP contribution in [-0.2, 0) is 4.74 Å². The highest BCUT2D eigenvalue weighted by Gasteiger charge is 2.31. The lowest BCUT2D eigenvalue weighted by Crippen LogP contribution is -2.52. The lowest BCUT2D eigenvalue weighted by Gasteiger charge is -2.46. The molecule has 3 nitrogen and oxygen atoms in total. The molecule has 1 fully saturated rings. The normalized spacial score (nSPS) is 17.4. The summed E-state index contributed by atoms with van der Waals surface area (Å²) < 4.78 is 6.23. The van der Waals surface area contributed by atoms with Gasteiger partial charge in [0.25, 0.3) is 0 Å². The van der Waals surface area contributed by atoms with Crippen LogP contribution in [0.5, 0.6) is 0 Å². The smallest absolute Gasteiger partial charge is 0.127 e. The van der Waals surface area contributed by atoms with Crippen LogP contribution in [0.1, 0.15) is 69.2 Å². The number of hydrazine groups is 1. The second-order valence-corrected chi connectivity index (χ2v) is 7.60. The van der Waals surface area contributed by atoms with E-state index in [9.17, 15) is 0 Å². The standard InChI is InChI=1S/C20H36N2O/c1-13(2)18-19(14(3)4)22(17(9)10)21(16(7)8)11-12-23-20(18)15(5)6/h16-17H,11-12H2,1-10H3. The average molecular weight is 321 g/mol. The Hall–Kier alpha value is -1.22. The van der Waals surface area contributed by atoms with Crippen LogP contribution in [0.25, 0.3) is 0 Å². The third-order valence-corrected chi connectivity index (χ3v) is 4.05. The summed E-state index contributed by atoms with van der Waals surface area (Å²) in [7, 11) is 0. The van der Waals surface area contributed by atoms with Gasteiger partial charge in [-0.05, 0) is 74.8 Å². The van der Waals surface area contributed by atoms with E-state index in [1.807, 2.05) is 0 Å². The number of rotatable bonds is 2. The van der Waals surface area contributed by atoms with Gasteiger partial charge in [-0.1, -0.05) is 11.1 Å². The molecule has 0 aromatic rings. The molecule has 0 aromatic heterocycles. The van der Waals surface area contributed by atoms with E-state index in [2.05, 4.69) is 79.3 Å². The Labute approximate surface area is 143 Å². The highest BCUT2D eigenvalue weighted by molar-refractivity contribution is 5.49. The average Bonchev–Trinajstić information content (AvgIpc) is 2.35. The minimum Gasteiger partial charge on any atom is -0.492 e. The molecular weight excluding hydrogens is 284 g/mol. The molecule has 23 heavy (non-hydrogen) atoms. The third kappa shape index (κ3) is 4.41. The number of hydrogen-bond acceptors (Lipinski definition) is 3. The van der Waals surface area contributed by atoms with Crippen molar-refractivity contribution in [3.63, 3.8) is 0 Å². The fourth-order valence-electron chi connectivity index (χ4n) is 3.17. The second-order valence-electron chi connectivity index (χ2n) is 7.60. The van der Waals surface area contributed by atoms with Gasteiger partial charge >= 0.3 is 0 Å². The van der Waals surface area contributed by atoms with Crippen LogP contribution in [0.2, 0.25) is 0 Å². The van der Waals surface area contributed by atoms with Gasteiger partial charge in [0.2, 0.25) is 0 Å². The number of nitrogens with zero attached hydrogens (tertiary/aromatic N) is 2. The van der Waals surface area contributed by atoms with Crippen molar-refractivity contribution in [3.8, 4) is 0 Å². The quantitative estimate of drug-likeness (QED) is 0.688. The Kier molecular flexibility index (Phi) is 6.94. The van der Waals surface area contributed by atoms with E-state index in [1.165, 1.54) is 28.0 Å². The minimum absolute atomic E-state index is 0.396. The van der Waals surface area contributed by atoms with Gasteiger partial charge in [-0.15, -0.1) is 0 Å². The molecule has 1 aliphatic rings. The molecular formula is C20H36N2O. The van der Waals surface area contributed by atoms with Crippen molar-refractivity contribution < 1.29 is 4.74 Å². The van der Waals surface area contributed by atoms with Crippen LogP contribution in [0, 0.1) is 0 Å². The van der Waals surface area contributed by atoms with Gasteiger partial charge in [0, 0.05) is 17.7 Å². The van der Waals surface area contributed by atoms with Crippen molar-refractivity contribution in [2.75, 3.05) is 13.2 Å². The predicted molar refractivity (Wildman–Crippen MR) is 99.9 cm³/mol. The SMILES string of the molecule is CC(C)=C1OCCN(C(C)C)N(C(C)C)C(=C(C)C)C1=C(C)C. The molecule has 0 unspecified atom stereocenters. The molecule has 1 heterocycles. The van der Waals surface area contributed by atoms with Crippen LogP contribution in [0.15, 0.2) is 33.7 Å². The van der Waals surface area contributed by atoms with Gasteiger partial charge in [0.05, 0.1) is 12.2 Å². The molecule has 132 valence electrons. The zero-order valence-corrected chi connectivity index (χ0v) is 16.9. The Morgan fingerprint density at radius 2 is 1.39 bits per heavy atom. The van der Waals surface area contributed by atoms with Crippen molar-refractivity contribution in [1.82, 2.24) is 10.0 Å². The number of hydrogen-bond donors (Lipinski definition) is 0. The summed E-state index contributed by atoms with van der Waals surface area (Å²) in [5.74, 6) is 1.05. The fraction of sp³-hybridized carbons (Fsp3) is 0.700. The highest BCUT2D eigenvalue weighted by atomic mass is 16.5. The summed E-state index contributed by atoms with van der Waals surface area (Å²) in [4.78, 5) is 0. The van der Waals surface area contributed by atoms with Crippen molar-refractivity contribution in [1.29, 1.82) is 0 Å². The van der Waals surface area contributed by atoms with Gasteiger partial charge in [0.15, 0.2) is 0 Å². The first-order chi connectivity index (χ1) is 10.6. The number of ether oxygens (including phenoxy) is 1. The molecule has 0 N–H and O–H groups in total. The van der Waals surface area contributed by atoms with Gasteiger partial charge in [-0.25, -0.2) is 5.01 Å². The molecule has 1 saturated heterocycles. The predicted octanol–water partition coefficient (Wildman–Crippen LogP) is 5.28. The minimum atomic E-state index is 0.396. The maximum absolute atomic E-state index is 6.23. The van der Waals surface area contributed by atoms with E-state index >= 15 is 0 Å². The lowest BCUT2D eigenvalue weighted by molar-refractivity contribution is -0.0612. The summed E-state index contributed by atoms with van der Waals surface area (Å²) in [5, 5.41) is 4.92. The monoisotopic (exact) mass is 320 g/mol. The van der Waals surface area contributed by atoms with Crippen molar-refractivity contribution in [2.45, 2.75) is 81.3 Å². The molecule has 0 amide bonds. The summed E-state index contributed by atoms with van der Waals surface area (Å²) in [6.07, 6.45) is 0. The van der Waals surface area contributed by atoms with Crippen LogP contribution >= 0.6 is 0 Å². The number of allylic oxidation sites excluding steroid dienone is 3. The van der Waals surface area contributed by atoms with E-state index in [-0.39, 0.29) is 0 Å². The van der Waals surface area contributed by atoms with Gasteiger partial charge < -0.3 is 9.75 Å². The first-order valence-corrected chi connectivity index (χ1v) is 8.81. The van der Waals surface area contributed by atoms with Gasteiger partial charge in [-0.3, -0.25) is 0 Å². The summed E-state index contributed by atoms with van der Waals surface area (Å²) in [6, 6.07) is 0.829. The Bertz CT molecular complexity index is 512. The topological polar surface area (TPSA) is 15.7 Å². The van der Waals surface area contributed by atoms with Crippen molar-refractivity contribution in [2.24, 2.45) is 0 Å². The molecule has 0 spiro atoms. The zero-order valence-electron chi connectivity index (χ0n) is 16.9. The maximum atomic E-state index is 6.23. The van der Waals surface area contributed by atoms with Gasteiger partial charge in [-0.2, -0.15) is 0 Å². The van der Waals surface area contributed by atoms with Crippen LogP contribution in [0.3, 0.4) is 0 Å². The Balaban J connectivity index is 3.69. The maximum Gasteiger partial charge on any atom is 0.127 e. The second kappa shape index (κ2) is 8.05. The van der Waals surface area contributed by atoms with Crippen molar-refractivity contribution in [3.05, 3.63) is 33.7 Å². The Morgan fingerprint density at radius 1 is 0.826 bits per heavy atom. The first kappa shape index (κ1) is 19.8. The molecule has 0 aliphatic carbocycles. The summed E-state index contributed by atoms with van der Waals surface area (Å²) in [6.45, 7) is 23.7. The van der Waals surface area contributed by atoms with E-state index in [4.69, 9.17) is 4.74 Å². The molecule has 0 radical (unpaired) electrons. The summed E-state index contributed by atoms with van der Waals surface area (Å²) >= 11 is 0. The van der Waals surface area contributed by atoms with E-state index in [1.54, 1.807) is 0 Å². The van der Waals surface area contributed by atoms with Gasteiger partial charge in [0.1, 0.15) is 12.4 Å². The first-order valence-electron chi connectivity index (χ1n) is 8.81. The van der Waals surface area contributed by atoms with Crippen LogP contribution < -0.4 is 0 Å². The molecule has 0 aromatic carbocycles. The molecule has 3 heteroatoms. The van der Waals surface area contributed by atoms with Crippen molar-refractivity contribution >= 4 is 0 Å². The molecule has 1 aliphatic heterocycles. The fourth-order valence-corrected chi connectivity index (χ4v) is 3.17. The third-order valence-electron chi connectivity index (χ3n) is 4.05. The zero-order chi connectivity index (χ0) is 17.9. The molecule has 0 bridgehead atoms. The lowest BCUT2D eigenvalue weighted by atomic mass is 9.97. The van der Waals surface area contributed by atoms with E-state index in [0.29, 0.717) is 18.7 Å².